The quantitative estimate of drug-likeness (QED) is 0.557. The molecule has 1 fully saturated rings. The number of amides is 1. The summed E-state index contributed by atoms with van der Waals surface area (Å²) >= 11 is 0. The van der Waals surface area contributed by atoms with Crippen molar-refractivity contribution in [3.8, 4) is 0 Å². The van der Waals surface area contributed by atoms with Gasteiger partial charge in [0.05, 0.1) is 0 Å². The lowest BCUT2D eigenvalue weighted by Crippen LogP contribution is -2.37. The van der Waals surface area contributed by atoms with E-state index >= 15 is 0 Å². The maximum atomic E-state index is 11.4. The molecule has 1 aromatic rings. The molecule has 1 aliphatic rings. The van der Waals surface area contributed by atoms with Crippen molar-refractivity contribution in [1.82, 2.24) is 16.0 Å². The molecular weight excluding hydrogens is 252 g/mol. The Morgan fingerprint density at radius 2 is 1.95 bits per heavy atom. The minimum atomic E-state index is -0.0635. The van der Waals surface area contributed by atoms with E-state index < -0.39 is 0 Å². The van der Waals surface area contributed by atoms with Gasteiger partial charge in [-0.2, -0.15) is 0 Å². The van der Waals surface area contributed by atoms with Crippen molar-refractivity contribution in [2.45, 2.75) is 19.4 Å². The topological polar surface area (TPSA) is 65.5 Å². The molecule has 1 saturated carbocycles. The first-order valence-corrected chi connectivity index (χ1v) is 6.98. The molecule has 1 aliphatic carbocycles. The molecule has 0 unspecified atom stereocenters. The van der Waals surface area contributed by atoms with Gasteiger partial charge in [-0.3, -0.25) is 9.79 Å². The Morgan fingerprint density at radius 3 is 2.50 bits per heavy atom. The van der Waals surface area contributed by atoms with Crippen molar-refractivity contribution in [3.05, 3.63) is 35.4 Å². The summed E-state index contributed by atoms with van der Waals surface area (Å²) in [6.45, 7) is 1.69. The van der Waals surface area contributed by atoms with Crippen LogP contribution in [0.4, 0.5) is 0 Å². The highest BCUT2D eigenvalue weighted by atomic mass is 16.1. The Labute approximate surface area is 119 Å². The zero-order chi connectivity index (χ0) is 14.4. The van der Waals surface area contributed by atoms with E-state index in [9.17, 15) is 4.79 Å². The molecule has 2 rings (SSSR count). The standard InChI is InChI=1S/C15H22N4O/c1-16-14(20)13-7-5-12(6-8-13)10-19-15(17-2)18-9-11-3-4-11/h5-8,11H,3-4,9-10H2,1-2H3,(H,16,20)(H2,17,18,19). The van der Waals surface area contributed by atoms with E-state index in [4.69, 9.17) is 0 Å². The third-order valence-electron chi connectivity index (χ3n) is 3.38. The van der Waals surface area contributed by atoms with E-state index in [1.807, 2.05) is 24.3 Å². The fraction of sp³-hybridized carbons (Fsp3) is 0.467. The molecule has 0 atom stereocenters. The zero-order valence-corrected chi connectivity index (χ0v) is 12.1. The molecule has 0 radical (unpaired) electrons. The maximum Gasteiger partial charge on any atom is 0.251 e. The number of aliphatic imine (C=N–C) groups is 1. The molecule has 108 valence electrons. The van der Waals surface area contributed by atoms with Gasteiger partial charge in [0.1, 0.15) is 0 Å². The number of carbonyl (C=O) groups excluding carboxylic acids is 1. The fourth-order valence-electron chi connectivity index (χ4n) is 1.89. The van der Waals surface area contributed by atoms with Crippen molar-refractivity contribution >= 4 is 11.9 Å². The van der Waals surface area contributed by atoms with Crippen LogP contribution in [0.15, 0.2) is 29.3 Å². The summed E-state index contributed by atoms with van der Waals surface area (Å²) in [5.41, 5.74) is 1.79. The average molecular weight is 274 g/mol. The van der Waals surface area contributed by atoms with Crippen LogP contribution in [0, 0.1) is 5.92 Å². The highest BCUT2D eigenvalue weighted by Gasteiger charge is 2.20. The minimum Gasteiger partial charge on any atom is -0.356 e. The van der Waals surface area contributed by atoms with Gasteiger partial charge in [0.15, 0.2) is 5.96 Å². The van der Waals surface area contributed by atoms with Crippen LogP contribution in [-0.2, 0) is 6.54 Å². The molecule has 0 aromatic heterocycles. The first kappa shape index (κ1) is 14.4. The number of nitrogens with zero attached hydrogens (tertiary/aromatic N) is 1. The van der Waals surface area contributed by atoms with Crippen LogP contribution in [0.2, 0.25) is 0 Å². The van der Waals surface area contributed by atoms with Crippen molar-refractivity contribution in [3.63, 3.8) is 0 Å². The number of carbonyl (C=O) groups is 1. The maximum absolute atomic E-state index is 11.4. The number of benzene rings is 1. The molecule has 0 heterocycles. The van der Waals surface area contributed by atoms with Crippen molar-refractivity contribution in [1.29, 1.82) is 0 Å². The third-order valence-corrected chi connectivity index (χ3v) is 3.38. The molecule has 20 heavy (non-hydrogen) atoms. The molecule has 0 aliphatic heterocycles. The van der Waals surface area contributed by atoms with Crippen molar-refractivity contribution in [2.24, 2.45) is 10.9 Å². The van der Waals surface area contributed by atoms with Crippen molar-refractivity contribution < 1.29 is 4.79 Å². The van der Waals surface area contributed by atoms with Crippen LogP contribution in [0.5, 0.6) is 0 Å². The van der Waals surface area contributed by atoms with Gasteiger partial charge in [-0.15, -0.1) is 0 Å². The molecule has 0 bridgehead atoms. The van der Waals surface area contributed by atoms with Gasteiger partial charge in [-0.05, 0) is 36.5 Å². The Kier molecular flexibility index (Phi) is 4.98. The van der Waals surface area contributed by atoms with E-state index in [-0.39, 0.29) is 5.91 Å². The highest BCUT2D eigenvalue weighted by Crippen LogP contribution is 2.27. The fourth-order valence-corrected chi connectivity index (χ4v) is 1.89. The first-order chi connectivity index (χ1) is 9.72. The largest absolute Gasteiger partial charge is 0.356 e. The van der Waals surface area contributed by atoms with Gasteiger partial charge in [0.25, 0.3) is 5.91 Å². The van der Waals surface area contributed by atoms with Gasteiger partial charge in [0, 0.05) is 32.7 Å². The second-order valence-electron chi connectivity index (χ2n) is 5.03. The Hall–Kier alpha value is -2.04. The predicted molar refractivity (Wildman–Crippen MR) is 80.8 cm³/mol. The number of nitrogens with one attached hydrogen (secondary N) is 3. The summed E-state index contributed by atoms with van der Waals surface area (Å²) in [5.74, 6) is 1.58. The Balaban J connectivity index is 1.81. The molecule has 0 saturated heterocycles. The van der Waals surface area contributed by atoms with Crippen LogP contribution < -0.4 is 16.0 Å². The second-order valence-corrected chi connectivity index (χ2v) is 5.03. The summed E-state index contributed by atoms with van der Waals surface area (Å²) in [4.78, 5) is 15.6. The molecular formula is C15H22N4O. The molecule has 1 aromatic carbocycles. The SMILES string of the molecule is CN=C(NCc1ccc(C(=O)NC)cc1)NCC1CC1. The van der Waals surface area contributed by atoms with Gasteiger partial charge in [-0.1, -0.05) is 12.1 Å². The zero-order valence-electron chi connectivity index (χ0n) is 12.1. The number of rotatable bonds is 5. The average Bonchev–Trinajstić information content (AvgIpc) is 3.31. The molecule has 5 nitrogen and oxygen atoms in total. The third kappa shape index (κ3) is 4.26. The lowest BCUT2D eigenvalue weighted by atomic mass is 10.1. The molecule has 1 amide bonds. The van der Waals surface area contributed by atoms with Crippen LogP contribution in [0.1, 0.15) is 28.8 Å². The monoisotopic (exact) mass is 274 g/mol. The van der Waals surface area contributed by atoms with Gasteiger partial charge in [0.2, 0.25) is 0 Å². The van der Waals surface area contributed by atoms with E-state index in [0.717, 1.165) is 24.0 Å². The Bertz CT molecular complexity index is 477. The summed E-state index contributed by atoms with van der Waals surface area (Å²) in [5, 5.41) is 9.19. The van der Waals surface area contributed by atoms with E-state index in [1.54, 1.807) is 14.1 Å². The highest BCUT2D eigenvalue weighted by molar-refractivity contribution is 5.93. The second kappa shape index (κ2) is 6.93. The number of guanidine groups is 1. The first-order valence-electron chi connectivity index (χ1n) is 6.98. The van der Waals surface area contributed by atoms with E-state index in [0.29, 0.717) is 12.1 Å². The van der Waals surface area contributed by atoms with Crippen LogP contribution in [0.3, 0.4) is 0 Å². The molecule has 3 N–H and O–H groups in total. The lowest BCUT2D eigenvalue weighted by Gasteiger charge is -2.11. The van der Waals surface area contributed by atoms with Crippen molar-refractivity contribution in [2.75, 3.05) is 20.6 Å². The van der Waals surface area contributed by atoms with Crippen LogP contribution >= 0.6 is 0 Å². The van der Waals surface area contributed by atoms with Gasteiger partial charge < -0.3 is 16.0 Å². The molecule has 0 spiro atoms. The van der Waals surface area contributed by atoms with E-state index in [2.05, 4.69) is 20.9 Å². The predicted octanol–water partition coefficient (Wildman–Crippen LogP) is 1.12. The van der Waals surface area contributed by atoms with E-state index in [1.165, 1.54) is 12.8 Å². The molecule has 5 heteroatoms. The van der Waals surface area contributed by atoms with Crippen LogP contribution in [0.25, 0.3) is 0 Å². The summed E-state index contributed by atoms with van der Waals surface area (Å²) < 4.78 is 0. The van der Waals surface area contributed by atoms with Gasteiger partial charge >= 0.3 is 0 Å². The Morgan fingerprint density at radius 1 is 1.25 bits per heavy atom. The normalized spacial score (nSPS) is 14.8. The summed E-state index contributed by atoms with van der Waals surface area (Å²) in [6.07, 6.45) is 2.65. The van der Waals surface area contributed by atoms with Gasteiger partial charge in [-0.25, -0.2) is 0 Å². The lowest BCUT2D eigenvalue weighted by molar-refractivity contribution is 0.0963. The number of hydrogen-bond donors (Lipinski definition) is 3. The minimum absolute atomic E-state index is 0.0635. The number of hydrogen-bond acceptors (Lipinski definition) is 2. The summed E-state index contributed by atoms with van der Waals surface area (Å²) in [6, 6.07) is 7.56. The smallest absolute Gasteiger partial charge is 0.251 e. The summed E-state index contributed by atoms with van der Waals surface area (Å²) in [7, 11) is 3.41. The van der Waals surface area contributed by atoms with Crippen LogP contribution in [-0.4, -0.2) is 32.5 Å².